The molecule has 1 aliphatic heterocycles. The van der Waals surface area contributed by atoms with E-state index in [0.29, 0.717) is 0 Å². The van der Waals surface area contributed by atoms with Crippen molar-refractivity contribution in [2.45, 2.75) is 19.8 Å². The minimum atomic E-state index is 0.943. The Balaban J connectivity index is 2.28. The SMILES string of the molecule is CCc1nsnc1C1=CCCNC1. The van der Waals surface area contributed by atoms with E-state index in [9.17, 15) is 0 Å². The molecule has 1 N–H and O–H groups in total. The molecule has 0 aromatic carbocycles. The van der Waals surface area contributed by atoms with Gasteiger partial charge in [-0.05, 0) is 25.0 Å². The van der Waals surface area contributed by atoms with Crippen molar-refractivity contribution in [2.24, 2.45) is 0 Å². The Labute approximate surface area is 82.2 Å². The zero-order chi connectivity index (χ0) is 9.10. The maximum atomic E-state index is 4.33. The molecule has 0 aliphatic carbocycles. The van der Waals surface area contributed by atoms with Crippen LogP contribution in [0.2, 0.25) is 0 Å². The van der Waals surface area contributed by atoms with Gasteiger partial charge in [0.2, 0.25) is 0 Å². The van der Waals surface area contributed by atoms with Crippen molar-refractivity contribution >= 4 is 17.3 Å². The van der Waals surface area contributed by atoms with E-state index in [1.807, 2.05) is 0 Å². The summed E-state index contributed by atoms with van der Waals surface area (Å²) in [6.45, 7) is 4.15. The maximum absolute atomic E-state index is 4.33. The quantitative estimate of drug-likeness (QED) is 0.776. The van der Waals surface area contributed by atoms with Crippen LogP contribution in [0.1, 0.15) is 24.7 Å². The summed E-state index contributed by atoms with van der Waals surface area (Å²) in [5.74, 6) is 0. The number of hydrogen-bond donors (Lipinski definition) is 1. The molecule has 0 atom stereocenters. The molecule has 1 aromatic heterocycles. The lowest BCUT2D eigenvalue weighted by Crippen LogP contribution is -2.22. The number of hydrogen-bond acceptors (Lipinski definition) is 4. The molecule has 0 saturated heterocycles. The van der Waals surface area contributed by atoms with Crippen molar-refractivity contribution < 1.29 is 0 Å². The van der Waals surface area contributed by atoms with Crippen LogP contribution in [-0.2, 0) is 6.42 Å². The van der Waals surface area contributed by atoms with Gasteiger partial charge in [0, 0.05) is 6.54 Å². The third-order valence-electron chi connectivity index (χ3n) is 2.22. The molecule has 70 valence electrons. The predicted molar refractivity (Wildman–Crippen MR) is 54.8 cm³/mol. The van der Waals surface area contributed by atoms with Crippen LogP contribution in [0.15, 0.2) is 6.08 Å². The monoisotopic (exact) mass is 195 g/mol. The Hall–Kier alpha value is -0.740. The van der Waals surface area contributed by atoms with Crippen LogP contribution in [0.4, 0.5) is 0 Å². The van der Waals surface area contributed by atoms with Gasteiger partial charge in [0.1, 0.15) is 5.69 Å². The Morgan fingerprint density at radius 1 is 1.54 bits per heavy atom. The molecule has 4 heteroatoms. The number of aryl methyl sites for hydroxylation is 1. The van der Waals surface area contributed by atoms with E-state index in [4.69, 9.17) is 0 Å². The summed E-state index contributed by atoms with van der Waals surface area (Å²) in [7, 11) is 0. The number of aromatic nitrogens is 2. The van der Waals surface area contributed by atoms with E-state index in [2.05, 4.69) is 27.1 Å². The number of nitrogens with zero attached hydrogens (tertiary/aromatic N) is 2. The smallest absolute Gasteiger partial charge is 0.104 e. The van der Waals surface area contributed by atoms with Gasteiger partial charge in [0.15, 0.2) is 0 Å². The zero-order valence-electron chi connectivity index (χ0n) is 7.71. The average molecular weight is 195 g/mol. The standard InChI is InChI=1S/C9H13N3S/c1-2-8-9(12-13-11-8)7-4-3-5-10-6-7/h4,10H,2-3,5-6H2,1H3. The first-order chi connectivity index (χ1) is 6.42. The highest BCUT2D eigenvalue weighted by Gasteiger charge is 2.12. The molecule has 0 unspecified atom stereocenters. The summed E-state index contributed by atoms with van der Waals surface area (Å²) in [5, 5.41) is 3.34. The Kier molecular flexibility index (Phi) is 2.71. The van der Waals surface area contributed by atoms with Crippen molar-refractivity contribution in [2.75, 3.05) is 13.1 Å². The van der Waals surface area contributed by atoms with E-state index in [0.717, 1.165) is 37.3 Å². The van der Waals surface area contributed by atoms with Crippen molar-refractivity contribution in [1.82, 2.24) is 14.1 Å². The van der Waals surface area contributed by atoms with E-state index < -0.39 is 0 Å². The third kappa shape index (κ3) is 1.78. The Morgan fingerprint density at radius 3 is 3.15 bits per heavy atom. The zero-order valence-corrected chi connectivity index (χ0v) is 8.52. The second-order valence-electron chi connectivity index (χ2n) is 3.11. The molecule has 0 radical (unpaired) electrons. The normalized spacial score (nSPS) is 17.2. The van der Waals surface area contributed by atoms with Crippen LogP contribution in [-0.4, -0.2) is 21.8 Å². The van der Waals surface area contributed by atoms with Gasteiger partial charge in [-0.15, -0.1) is 0 Å². The van der Waals surface area contributed by atoms with Gasteiger partial charge in [0.25, 0.3) is 0 Å². The van der Waals surface area contributed by atoms with E-state index in [1.165, 1.54) is 17.3 Å². The molecule has 13 heavy (non-hydrogen) atoms. The Bertz CT molecular complexity index is 316. The van der Waals surface area contributed by atoms with Gasteiger partial charge < -0.3 is 5.32 Å². The van der Waals surface area contributed by atoms with Crippen molar-refractivity contribution in [1.29, 1.82) is 0 Å². The fraction of sp³-hybridized carbons (Fsp3) is 0.556. The highest BCUT2D eigenvalue weighted by Crippen LogP contribution is 2.19. The lowest BCUT2D eigenvalue weighted by atomic mass is 10.1. The van der Waals surface area contributed by atoms with E-state index in [1.54, 1.807) is 0 Å². The summed E-state index contributed by atoms with van der Waals surface area (Å²) in [6.07, 6.45) is 4.35. The van der Waals surface area contributed by atoms with E-state index >= 15 is 0 Å². The molecule has 0 fully saturated rings. The molecule has 0 spiro atoms. The van der Waals surface area contributed by atoms with Crippen LogP contribution in [0.25, 0.3) is 5.57 Å². The fourth-order valence-corrected chi connectivity index (χ4v) is 2.17. The first-order valence-corrected chi connectivity index (χ1v) is 5.36. The molecular formula is C9H13N3S. The number of nitrogens with one attached hydrogen (secondary N) is 1. The highest BCUT2D eigenvalue weighted by atomic mass is 32.1. The molecule has 2 rings (SSSR count). The largest absolute Gasteiger partial charge is 0.312 e. The molecular weight excluding hydrogens is 182 g/mol. The summed E-state index contributed by atoms with van der Waals surface area (Å²) in [5.41, 5.74) is 3.57. The fourth-order valence-electron chi connectivity index (χ4n) is 1.51. The molecule has 1 aromatic rings. The molecule has 3 nitrogen and oxygen atoms in total. The highest BCUT2D eigenvalue weighted by molar-refractivity contribution is 6.99. The first-order valence-electron chi connectivity index (χ1n) is 4.63. The summed E-state index contributed by atoms with van der Waals surface area (Å²) in [4.78, 5) is 0. The first kappa shape index (κ1) is 8.84. The van der Waals surface area contributed by atoms with Crippen molar-refractivity contribution in [3.8, 4) is 0 Å². The second-order valence-corrected chi connectivity index (χ2v) is 3.64. The molecule has 1 aliphatic rings. The lowest BCUT2D eigenvalue weighted by Gasteiger charge is -2.12. The van der Waals surface area contributed by atoms with Crippen molar-refractivity contribution in [3.05, 3.63) is 17.5 Å². The average Bonchev–Trinajstić information content (AvgIpc) is 2.67. The summed E-state index contributed by atoms with van der Waals surface area (Å²) < 4.78 is 8.60. The van der Waals surface area contributed by atoms with Crippen LogP contribution in [0.5, 0.6) is 0 Å². The molecule has 2 heterocycles. The molecule has 0 bridgehead atoms. The minimum absolute atomic E-state index is 0.943. The van der Waals surface area contributed by atoms with Crippen molar-refractivity contribution in [3.63, 3.8) is 0 Å². The van der Waals surface area contributed by atoms with Gasteiger partial charge in [-0.25, -0.2) is 0 Å². The predicted octanol–water partition coefficient (Wildman–Crippen LogP) is 1.48. The van der Waals surface area contributed by atoms with Crippen LogP contribution < -0.4 is 5.32 Å². The Morgan fingerprint density at radius 2 is 2.46 bits per heavy atom. The van der Waals surface area contributed by atoms with Crippen LogP contribution in [0, 0.1) is 0 Å². The molecule has 0 amide bonds. The lowest BCUT2D eigenvalue weighted by molar-refractivity contribution is 0.737. The minimum Gasteiger partial charge on any atom is -0.312 e. The van der Waals surface area contributed by atoms with Gasteiger partial charge in [-0.2, -0.15) is 8.75 Å². The maximum Gasteiger partial charge on any atom is 0.104 e. The van der Waals surface area contributed by atoms with Gasteiger partial charge >= 0.3 is 0 Å². The summed E-state index contributed by atoms with van der Waals surface area (Å²) >= 11 is 1.32. The van der Waals surface area contributed by atoms with Crippen LogP contribution in [0.3, 0.4) is 0 Å². The van der Waals surface area contributed by atoms with Gasteiger partial charge in [-0.1, -0.05) is 13.0 Å². The third-order valence-corrected chi connectivity index (χ3v) is 2.79. The molecule has 0 saturated carbocycles. The number of rotatable bonds is 2. The second kappa shape index (κ2) is 3.98. The van der Waals surface area contributed by atoms with Gasteiger partial charge in [0.05, 0.1) is 17.4 Å². The van der Waals surface area contributed by atoms with Gasteiger partial charge in [-0.3, -0.25) is 0 Å². The topological polar surface area (TPSA) is 37.8 Å². The summed E-state index contributed by atoms with van der Waals surface area (Å²) in [6, 6.07) is 0. The van der Waals surface area contributed by atoms with Crippen LogP contribution >= 0.6 is 11.7 Å². The van der Waals surface area contributed by atoms with E-state index in [-0.39, 0.29) is 0 Å².